The van der Waals surface area contributed by atoms with Gasteiger partial charge in [-0.2, -0.15) is 0 Å². The van der Waals surface area contributed by atoms with E-state index in [0.717, 1.165) is 26.1 Å². The second kappa shape index (κ2) is 5.72. The van der Waals surface area contributed by atoms with E-state index in [1.54, 1.807) is 4.90 Å². The Balaban J connectivity index is 2.13. The minimum absolute atomic E-state index is 0.0519. The molecule has 0 saturated carbocycles. The van der Waals surface area contributed by atoms with Crippen LogP contribution >= 0.6 is 0 Å². The van der Waals surface area contributed by atoms with E-state index in [2.05, 4.69) is 12.2 Å². The number of carbonyl (C=O) groups excluding carboxylic acids is 2. The maximum absolute atomic E-state index is 12.7. The Kier molecular flexibility index (Phi) is 4.37. The van der Waals surface area contributed by atoms with Crippen molar-refractivity contribution in [2.75, 3.05) is 19.8 Å². The summed E-state index contributed by atoms with van der Waals surface area (Å²) in [5, 5.41) is 2.84. The van der Waals surface area contributed by atoms with E-state index < -0.39 is 6.04 Å². The fraction of sp³-hybridized carbons (Fsp3) is 0.867. The first kappa shape index (κ1) is 15.3. The van der Waals surface area contributed by atoms with Gasteiger partial charge in [0.15, 0.2) is 0 Å². The minimum atomic E-state index is -0.425. The van der Waals surface area contributed by atoms with Gasteiger partial charge < -0.3 is 15.0 Å². The number of ether oxygens (including phenoxy) is 1. The number of nitrogens with zero attached hydrogens (tertiary/aromatic N) is 1. The van der Waals surface area contributed by atoms with Gasteiger partial charge >= 0.3 is 0 Å². The third kappa shape index (κ3) is 3.14. The summed E-state index contributed by atoms with van der Waals surface area (Å²) < 4.78 is 5.38. The molecule has 2 aliphatic heterocycles. The predicted molar refractivity (Wildman–Crippen MR) is 76.1 cm³/mol. The first-order valence-electron chi connectivity index (χ1n) is 7.48. The van der Waals surface area contributed by atoms with E-state index in [1.165, 1.54) is 0 Å². The van der Waals surface area contributed by atoms with Crippen LogP contribution in [0.5, 0.6) is 0 Å². The third-order valence-corrected chi connectivity index (χ3v) is 4.46. The average molecular weight is 282 g/mol. The Morgan fingerprint density at radius 1 is 1.25 bits per heavy atom. The fourth-order valence-corrected chi connectivity index (χ4v) is 3.05. The summed E-state index contributed by atoms with van der Waals surface area (Å²) in [4.78, 5) is 26.4. The maximum Gasteiger partial charge on any atom is 0.246 e. The summed E-state index contributed by atoms with van der Waals surface area (Å²) in [6.45, 7) is 9.71. The van der Waals surface area contributed by atoms with Crippen molar-refractivity contribution >= 4 is 11.8 Å². The molecule has 2 heterocycles. The Morgan fingerprint density at radius 3 is 2.40 bits per heavy atom. The van der Waals surface area contributed by atoms with E-state index in [4.69, 9.17) is 4.74 Å². The van der Waals surface area contributed by atoms with Gasteiger partial charge in [-0.05, 0) is 31.1 Å². The zero-order chi connectivity index (χ0) is 14.9. The van der Waals surface area contributed by atoms with E-state index in [9.17, 15) is 9.59 Å². The molecule has 2 saturated heterocycles. The molecule has 0 aromatic rings. The molecular weight excluding hydrogens is 256 g/mol. The molecule has 0 aliphatic carbocycles. The van der Waals surface area contributed by atoms with Gasteiger partial charge in [0.1, 0.15) is 6.04 Å². The molecular formula is C15H26N2O3. The molecule has 1 N–H and O–H groups in total. The van der Waals surface area contributed by atoms with Crippen LogP contribution in [0.15, 0.2) is 0 Å². The summed E-state index contributed by atoms with van der Waals surface area (Å²) in [6, 6.07) is -0.326. The van der Waals surface area contributed by atoms with E-state index >= 15 is 0 Å². The highest BCUT2D eigenvalue weighted by molar-refractivity contribution is 5.95. The number of piperazine rings is 1. The number of hydrogen-bond donors (Lipinski definition) is 1. The number of nitrogens with one attached hydrogen (secondary N) is 1. The summed E-state index contributed by atoms with van der Waals surface area (Å²) in [7, 11) is 0. The molecule has 114 valence electrons. The molecule has 2 atom stereocenters. The molecule has 0 aromatic heterocycles. The lowest BCUT2D eigenvalue weighted by Crippen LogP contribution is -2.64. The average Bonchev–Trinajstić information content (AvgIpc) is 2.40. The largest absolute Gasteiger partial charge is 0.381 e. The first-order chi connectivity index (χ1) is 9.30. The topological polar surface area (TPSA) is 58.6 Å². The minimum Gasteiger partial charge on any atom is -0.381 e. The molecule has 0 bridgehead atoms. The smallest absolute Gasteiger partial charge is 0.246 e. The van der Waals surface area contributed by atoms with Gasteiger partial charge in [0, 0.05) is 19.3 Å². The number of hydrogen-bond acceptors (Lipinski definition) is 3. The van der Waals surface area contributed by atoms with Gasteiger partial charge in [0.2, 0.25) is 11.8 Å². The van der Waals surface area contributed by atoms with Crippen LogP contribution in [0.2, 0.25) is 0 Å². The zero-order valence-electron chi connectivity index (χ0n) is 12.9. The number of carbonyl (C=O) groups is 2. The normalized spacial score (nSPS) is 27.4. The van der Waals surface area contributed by atoms with Crippen LogP contribution in [0, 0.1) is 11.3 Å². The summed E-state index contributed by atoms with van der Waals surface area (Å²) >= 11 is 0. The predicted octanol–water partition coefficient (Wildman–Crippen LogP) is 1.17. The molecule has 0 spiro atoms. The van der Waals surface area contributed by atoms with Crippen LogP contribution in [0.1, 0.15) is 40.5 Å². The van der Waals surface area contributed by atoms with Crippen molar-refractivity contribution < 1.29 is 14.3 Å². The van der Waals surface area contributed by atoms with Crippen molar-refractivity contribution in [3.05, 3.63) is 0 Å². The van der Waals surface area contributed by atoms with Gasteiger partial charge in [0.05, 0.1) is 6.54 Å². The Morgan fingerprint density at radius 2 is 1.85 bits per heavy atom. The number of rotatable bonds is 2. The van der Waals surface area contributed by atoms with Crippen molar-refractivity contribution in [1.82, 2.24) is 10.2 Å². The van der Waals surface area contributed by atoms with E-state index in [0.29, 0.717) is 5.92 Å². The van der Waals surface area contributed by atoms with E-state index in [-0.39, 0.29) is 29.8 Å². The molecule has 20 heavy (non-hydrogen) atoms. The quantitative estimate of drug-likeness (QED) is 0.827. The van der Waals surface area contributed by atoms with Crippen molar-refractivity contribution in [2.45, 2.75) is 52.6 Å². The second-order valence-electron chi connectivity index (χ2n) is 7.02. The standard InChI is InChI=1S/C15H26N2O3/c1-10(11-5-7-20-8-6-11)17-9-12(18)16-13(14(17)19)15(2,3)4/h10-11,13H,5-9H2,1-4H3,(H,16,18). The molecule has 2 fully saturated rings. The first-order valence-corrected chi connectivity index (χ1v) is 7.48. The SMILES string of the molecule is CC(C1CCOCC1)N1CC(=O)NC(C(C)(C)C)C1=O. The van der Waals surface area contributed by atoms with Gasteiger partial charge in [-0.3, -0.25) is 9.59 Å². The highest BCUT2D eigenvalue weighted by Crippen LogP contribution is 2.28. The lowest BCUT2D eigenvalue weighted by atomic mass is 9.83. The lowest BCUT2D eigenvalue weighted by Gasteiger charge is -2.44. The summed E-state index contributed by atoms with van der Waals surface area (Å²) in [5.74, 6) is 0.429. The molecule has 0 radical (unpaired) electrons. The molecule has 0 aromatic carbocycles. The van der Waals surface area contributed by atoms with Crippen LogP contribution in [0.25, 0.3) is 0 Å². The van der Waals surface area contributed by atoms with Gasteiger partial charge in [-0.1, -0.05) is 20.8 Å². The van der Waals surface area contributed by atoms with E-state index in [1.807, 2.05) is 20.8 Å². The monoisotopic (exact) mass is 282 g/mol. The fourth-order valence-electron chi connectivity index (χ4n) is 3.05. The summed E-state index contributed by atoms with van der Waals surface area (Å²) in [5.41, 5.74) is -0.263. The molecule has 2 aliphatic rings. The van der Waals surface area contributed by atoms with Crippen LogP contribution in [0.3, 0.4) is 0 Å². The Bertz CT molecular complexity index is 383. The highest BCUT2D eigenvalue weighted by atomic mass is 16.5. The second-order valence-corrected chi connectivity index (χ2v) is 7.02. The van der Waals surface area contributed by atoms with Crippen LogP contribution in [-0.2, 0) is 14.3 Å². The third-order valence-electron chi connectivity index (χ3n) is 4.46. The molecule has 5 nitrogen and oxygen atoms in total. The van der Waals surface area contributed by atoms with Crippen molar-refractivity contribution in [3.8, 4) is 0 Å². The van der Waals surface area contributed by atoms with Gasteiger partial charge in [-0.25, -0.2) is 0 Å². The molecule has 2 amide bonds. The zero-order valence-corrected chi connectivity index (χ0v) is 12.9. The lowest BCUT2D eigenvalue weighted by molar-refractivity contribution is -0.151. The number of amides is 2. The maximum atomic E-state index is 12.7. The highest BCUT2D eigenvalue weighted by Gasteiger charge is 2.42. The molecule has 5 heteroatoms. The van der Waals surface area contributed by atoms with Gasteiger partial charge in [0.25, 0.3) is 0 Å². The van der Waals surface area contributed by atoms with Crippen molar-refractivity contribution in [1.29, 1.82) is 0 Å². The van der Waals surface area contributed by atoms with Crippen molar-refractivity contribution in [2.24, 2.45) is 11.3 Å². The molecule has 2 rings (SSSR count). The van der Waals surface area contributed by atoms with Gasteiger partial charge in [-0.15, -0.1) is 0 Å². The Hall–Kier alpha value is -1.10. The van der Waals surface area contributed by atoms with Crippen LogP contribution in [-0.4, -0.2) is 48.6 Å². The summed E-state index contributed by atoms with van der Waals surface area (Å²) in [6.07, 6.45) is 1.93. The molecule has 2 unspecified atom stereocenters. The van der Waals surface area contributed by atoms with Crippen molar-refractivity contribution in [3.63, 3.8) is 0 Å². The Labute approximate surface area is 121 Å². The van der Waals surface area contributed by atoms with Crippen LogP contribution < -0.4 is 5.32 Å². The van der Waals surface area contributed by atoms with Crippen LogP contribution in [0.4, 0.5) is 0 Å².